The van der Waals surface area contributed by atoms with Crippen molar-refractivity contribution >= 4 is 22.6 Å². The number of hydrogen-bond donors (Lipinski definition) is 1. The highest BCUT2D eigenvalue weighted by Crippen LogP contribution is 2.20. The van der Waals surface area contributed by atoms with E-state index >= 15 is 0 Å². The smallest absolute Gasteiger partial charge is 0.328 e. The minimum absolute atomic E-state index is 0.274. The van der Waals surface area contributed by atoms with E-state index in [1.807, 2.05) is 60.7 Å². The van der Waals surface area contributed by atoms with Gasteiger partial charge in [-0.05, 0) is 34.5 Å². The summed E-state index contributed by atoms with van der Waals surface area (Å²) in [6, 6.07) is 19.8. The maximum absolute atomic E-state index is 12.7. The van der Waals surface area contributed by atoms with Crippen molar-refractivity contribution in [3.8, 4) is 5.75 Å². The van der Waals surface area contributed by atoms with Crippen molar-refractivity contribution in [1.29, 1.82) is 0 Å². The van der Waals surface area contributed by atoms with E-state index in [4.69, 9.17) is 9.47 Å². The maximum Gasteiger partial charge on any atom is 0.328 e. The Hall–Kier alpha value is -3.34. The third-order valence-corrected chi connectivity index (χ3v) is 4.42. The van der Waals surface area contributed by atoms with E-state index in [1.165, 1.54) is 7.11 Å². The predicted molar refractivity (Wildman–Crippen MR) is 104 cm³/mol. The van der Waals surface area contributed by atoms with Crippen LogP contribution in [0.15, 0.2) is 66.7 Å². The van der Waals surface area contributed by atoms with Gasteiger partial charge in [0.05, 0.1) is 14.2 Å². The number of carbonyl (C=O) groups is 2. The fourth-order valence-corrected chi connectivity index (χ4v) is 3.00. The third kappa shape index (κ3) is 4.26. The lowest BCUT2D eigenvalue weighted by Gasteiger charge is -2.18. The molecule has 1 atom stereocenters. The molecule has 0 heterocycles. The summed E-state index contributed by atoms with van der Waals surface area (Å²) in [6.07, 6.45) is 0.274. The number of carbonyl (C=O) groups excluding carboxylic acids is 2. The number of para-hydroxylation sites is 1. The van der Waals surface area contributed by atoms with Crippen LogP contribution in [-0.2, 0) is 16.0 Å². The minimum atomic E-state index is -0.815. The zero-order valence-corrected chi connectivity index (χ0v) is 15.3. The van der Waals surface area contributed by atoms with Gasteiger partial charge < -0.3 is 14.8 Å². The summed E-state index contributed by atoms with van der Waals surface area (Å²) in [5.74, 6) is -0.174. The SMILES string of the molecule is COC(=O)[C@H](Cc1ccccc1OC)NC(=O)c1ccc2ccccc2c1. The van der Waals surface area contributed by atoms with Crippen molar-refractivity contribution in [2.75, 3.05) is 14.2 Å². The van der Waals surface area contributed by atoms with Gasteiger partial charge in [-0.15, -0.1) is 0 Å². The topological polar surface area (TPSA) is 64.6 Å². The first-order valence-electron chi connectivity index (χ1n) is 8.61. The van der Waals surface area contributed by atoms with Gasteiger partial charge >= 0.3 is 5.97 Å². The van der Waals surface area contributed by atoms with E-state index in [9.17, 15) is 9.59 Å². The van der Waals surface area contributed by atoms with Gasteiger partial charge in [-0.2, -0.15) is 0 Å². The fourth-order valence-electron chi connectivity index (χ4n) is 3.00. The highest BCUT2D eigenvalue weighted by molar-refractivity contribution is 6.00. The summed E-state index contributed by atoms with van der Waals surface area (Å²) in [5, 5.41) is 4.79. The second-order valence-electron chi connectivity index (χ2n) is 6.13. The zero-order valence-electron chi connectivity index (χ0n) is 15.3. The third-order valence-electron chi connectivity index (χ3n) is 4.42. The summed E-state index contributed by atoms with van der Waals surface area (Å²) in [5.41, 5.74) is 1.30. The molecular formula is C22H21NO4. The lowest BCUT2D eigenvalue weighted by Crippen LogP contribution is -2.43. The number of benzene rings is 3. The van der Waals surface area contributed by atoms with Crippen molar-refractivity contribution in [1.82, 2.24) is 5.32 Å². The molecule has 0 saturated carbocycles. The summed E-state index contributed by atoms with van der Waals surface area (Å²) in [7, 11) is 2.87. The Balaban J connectivity index is 1.82. The van der Waals surface area contributed by atoms with Crippen LogP contribution < -0.4 is 10.1 Å². The molecule has 0 spiro atoms. The Morgan fingerprint density at radius 1 is 0.926 bits per heavy atom. The molecule has 138 valence electrons. The minimum Gasteiger partial charge on any atom is -0.496 e. The molecule has 0 unspecified atom stereocenters. The Morgan fingerprint density at radius 3 is 2.37 bits per heavy atom. The number of methoxy groups -OCH3 is 2. The van der Waals surface area contributed by atoms with Crippen molar-refractivity contribution in [3.05, 3.63) is 77.9 Å². The van der Waals surface area contributed by atoms with Gasteiger partial charge in [0.1, 0.15) is 11.8 Å². The summed E-state index contributed by atoms with van der Waals surface area (Å²) >= 11 is 0. The normalized spacial score (nSPS) is 11.6. The summed E-state index contributed by atoms with van der Waals surface area (Å²) in [4.78, 5) is 24.9. The molecule has 0 saturated heterocycles. The van der Waals surface area contributed by atoms with E-state index in [2.05, 4.69) is 5.32 Å². The van der Waals surface area contributed by atoms with Crippen LogP contribution in [0.2, 0.25) is 0 Å². The van der Waals surface area contributed by atoms with Crippen LogP contribution in [0.3, 0.4) is 0 Å². The first kappa shape index (κ1) is 18.5. The van der Waals surface area contributed by atoms with E-state index in [1.54, 1.807) is 13.2 Å². The Bertz CT molecular complexity index is 967. The molecular weight excluding hydrogens is 342 g/mol. The summed E-state index contributed by atoms with van der Waals surface area (Å²) < 4.78 is 10.2. The molecule has 3 aromatic rings. The number of amides is 1. The van der Waals surface area contributed by atoms with E-state index in [0.29, 0.717) is 11.3 Å². The van der Waals surface area contributed by atoms with E-state index in [0.717, 1.165) is 16.3 Å². The molecule has 0 aromatic heterocycles. The molecule has 0 aliphatic heterocycles. The lowest BCUT2D eigenvalue weighted by molar-refractivity contribution is -0.142. The van der Waals surface area contributed by atoms with Crippen LogP contribution >= 0.6 is 0 Å². The molecule has 1 amide bonds. The monoisotopic (exact) mass is 363 g/mol. The number of nitrogens with one attached hydrogen (secondary N) is 1. The van der Waals surface area contributed by atoms with Gasteiger partial charge in [0.15, 0.2) is 0 Å². The number of fused-ring (bicyclic) bond motifs is 1. The van der Waals surface area contributed by atoms with Crippen molar-refractivity contribution in [2.24, 2.45) is 0 Å². The molecule has 0 radical (unpaired) electrons. The van der Waals surface area contributed by atoms with Crippen LogP contribution in [0.4, 0.5) is 0 Å². The average Bonchev–Trinajstić information content (AvgIpc) is 2.72. The number of ether oxygens (including phenoxy) is 2. The highest BCUT2D eigenvalue weighted by Gasteiger charge is 2.24. The molecule has 5 heteroatoms. The average molecular weight is 363 g/mol. The first-order valence-corrected chi connectivity index (χ1v) is 8.61. The fraction of sp³-hybridized carbons (Fsp3) is 0.182. The van der Waals surface area contributed by atoms with Gasteiger partial charge in [-0.25, -0.2) is 4.79 Å². The van der Waals surface area contributed by atoms with Crippen LogP contribution in [0.5, 0.6) is 5.75 Å². The standard InChI is InChI=1S/C22H21NO4/c1-26-20-10-6-5-9-17(20)14-19(22(25)27-2)23-21(24)18-12-11-15-7-3-4-8-16(15)13-18/h3-13,19H,14H2,1-2H3,(H,23,24)/t19-/m0/s1. The Morgan fingerprint density at radius 2 is 1.63 bits per heavy atom. The van der Waals surface area contributed by atoms with Crippen molar-refractivity contribution < 1.29 is 19.1 Å². The zero-order chi connectivity index (χ0) is 19.2. The molecule has 27 heavy (non-hydrogen) atoms. The van der Waals surface area contributed by atoms with Crippen molar-refractivity contribution in [2.45, 2.75) is 12.5 Å². The number of hydrogen-bond acceptors (Lipinski definition) is 4. The quantitative estimate of drug-likeness (QED) is 0.682. The van der Waals surface area contributed by atoms with Crippen LogP contribution in [0, 0.1) is 0 Å². The number of rotatable bonds is 6. The van der Waals surface area contributed by atoms with Crippen LogP contribution in [0.1, 0.15) is 15.9 Å². The summed E-state index contributed by atoms with van der Waals surface area (Å²) in [6.45, 7) is 0. The van der Waals surface area contributed by atoms with Gasteiger partial charge in [-0.1, -0.05) is 48.5 Å². The highest BCUT2D eigenvalue weighted by atomic mass is 16.5. The molecule has 5 nitrogen and oxygen atoms in total. The van der Waals surface area contributed by atoms with Crippen LogP contribution in [-0.4, -0.2) is 32.1 Å². The molecule has 0 aliphatic rings. The largest absolute Gasteiger partial charge is 0.496 e. The molecule has 0 aliphatic carbocycles. The van der Waals surface area contributed by atoms with Crippen molar-refractivity contribution in [3.63, 3.8) is 0 Å². The predicted octanol–water partition coefficient (Wildman–Crippen LogP) is 3.36. The first-order chi connectivity index (χ1) is 13.1. The van der Waals surface area contributed by atoms with Crippen LogP contribution in [0.25, 0.3) is 10.8 Å². The molecule has 0 fully saturated rings. The van der Waals surface area contributed by atoms with E-state index < -0.39 is 12.0 Å². The van der Waals surface area contributed by atoms with Gasteiger partial charge in [0, 0.05) is 12.0 Å². The Labute approximate surface area is 157 Å². The Kier molecular flexibility index (Phi) is 5.71. The molecule has 0 bridgehead atoms. The second-order valence-corrected chi connectivity index (χ2v) is 6.13. The molecule has 1 N–H and O–H groups in total. The second kappa shape index (κ2) is 8.36. The van der Waals surface area contributed by atoms with Gasteiger partial charge in [0.2, 0.25) is 0 Å². The van der Waals surface area contributed by atoms with Gasteiger partial charge in [0.25, 0.3) is 5.91 Å². The number of esters is 1. The molecule has 3 rings (SSSR count). The van der Waals surface area contributed by atoms with Gasteiger partial charge in [-0.3, -0.25) is 4.79 Å². The molecule has 3 aromatic carbocycles. The van der Waals surface area contributed by atoms with E-state index in [-0.39, 0.29) is 12.3 Å². The lowest BCUT2D eigenvalue weighted by atomic mass is 10.0. The maximum atomic E-state index is 12.7.